The molecule has 0 amide bonds. The van der Waals surface area contributed by atoms with Gasteiger partial charge in [0.1, 0.15) is 6.10 Å². The molecule has 0 radical (unpaired) electrons. The molecule has 1 aliphatic rings. The number of aromatic nitrogens is 2. The number of nitrogens with two attached hydrogens (primary N) is 1. The molecule has 1 aliphatic heterocycles. The second-order valence-electron chi connectivity index (χ2n) is 5.35. The third kappa shape index (κ3) is 3.28. The zero-order chi connectivity index (χ0) is 13.1. The average Bonchev–Trinajstić information content (AvgIpc) is 2.77. The van der Waals surface area contributed by atoms with Crippen LogP contribution >= 0.6 is 0 Å². The van der Waals surface area contributed by atoms with E-state index < -0.39 is 0 Å². The third-order valence-electron chi connectivity index (χ3n) is 3.06. The van der Waals surface area contributed by atoms with Crippen molar-refractivity contribution >= 4 is 0 Å². The number of ether oxygens (including phenoxy) is 1. The fourth-order valence-corrected chi connectivity index (χ4v) is 2.07. The van der Waals surface area contributed by atoms with Crippen LogP contribution in [0.1, 0.15) is 44.1 Å². The molecule has 102 valence electrons. The van der Waals surface area contributed by atoms with E-state index in [9.17, 15) is 0 Å². The van der Waals surface area contributed by atoms with Crippen LogP contribution in [0.3, 0.4) is 0 Å². The molecule has 1 aromatic heterocycles. The van der Waals surface area contributed by atoms with E-state index in [0.29, 0.717) is 24.2 Å². The second-order valence-corrected chi connectivity index (χ2v) is 5.35. The Hall–Kier alpha value is -0.980. The van der Waals surface area contributed by atoms with Crippen LogP contribution in [0.5, 0.6) is 0 Å². The minimum atomic E-state index is -0.187. The molecule has 0 saturated carbocycles. The highest BCUT2D eigenvalue weighted by atomic mass is 16.5. The third-order valence-corrected chi connectivity index (χ3v) is 3.06. The highest BCUT2D eigenvalue weighted by Crippen LogP contribution is 2.22. The molecule has 0 spiro atoms. The van der Waals surface area contributed by atoms with Crippen LogP contribution in [0.15, 0.2) is 4.52 Å². The molecule has 1 fully saturated rings. The lowest BCUT2D eigenvalue weighted by Crippen LogP contribution is -2.35. The fourth-order valence-electron chi connectivity index (χ4n) is 2.07. The van der Waals surface area contributed by atoms with E-state index in [-0.39, 0.29) is 12.1 Å². The number of nitrogens with zero attached hydrogens (tertiary/aromatic N) is 3. The smallest absolute Gasteiger partial charge is 0.243 e. The van der Waals surface area contributed by atoms with Crippen LogP contribution < -0.4 is 5.73 Å². The zero-order valence-corrected chi connectivity index (χ0v) is 11.3. The lowest BCUT2D eigenvalue weighted by molar-refractivity contribution is -0.0264. The van der Waals surface area contributed by atoms with E-state index in [2.05, 4.69) is 35.9 Å². The Labute approximate surface area is 107 Å². The normalized spacial score (nSPS) is 23.5. The van der Waals surface area contributed by atoms with Gasteiger partial charge in [-0.05, 0) is 19.4 Å². The molecule has 2 atom stereocenters. The Morgan fingerprint density at radius 2 is 2.28 bits per heavy atom. The van der Waals surface area contributed by atoms with E-state index >= 15 is 0 Å². The molecule has 2 heterocycles. The first kappa shape index (κ1) is 13.5. The van der Waals surface area contributed by atoms with Crippen LogP contribution in [0.25, 0.3) is 0 Å². The van der Waals surface area contributed by atoms with E-state index in [1.807, 2.05) is 0 Å². The molecular formula is C12H22N4O2. The molecule has 6 nitrogen and oxygen atoms in total. The van der Waals surface area contributed by atoms with E-state index in [1.165, 1.54) is 0 Å². The number of hydrogen-bond donors (Lipinski definition) is 1. The highest BCUT2D eigenvalue weighted by Gasteiger charge is 2.25. The van der Waals surface area contributed by atoms with Gasteiger partial charge in [0.05, 0.1) is 12.6 Å². The van der Waals surface area contributed by atoms with Crippen molar-refractivity contribution in [2.45, 2.75) is 32.4 Å². The molecule has 1 aromatic rings. The van der Waals surface area contributed by atoms with Gasteiger partial charge in [0, 0.05) is 13.1 Å². The minimum absolute atomic E-state index is 0.104. The summed E-state index contributed by atoms with van der Waals surface area (Å²) < 4.78 is 10.9. The number of morpholine rings is 1. The van der Waals surface area contributed by atoms with E-state index in [0.717, 1.165) is 19.5 Å². The summed E-state index contributed by atoms with van der Waals surface area (Å²) in [5.74, 6) is 1.62. The monoisotopic (exact) mass is 254 g/mol. The van der Waals surface area contributed by atoms with Crippen LogP contribution in [0.4, 0.5) is 0 Å². The van der Waals surface area contributed by atoms with Crippen molar-refractivity contribution in [1.29, 1.82) is 0 Å². The maximum atomic E-state index is 6.02. The fraction of sp³-hybridized carbons (Fsp3) is 0.833. The van der Waals surface area contributed by atoms with Crippen molar-refractivity contribution < 1.29 is 9.26 Å². The standard InChI is InChI=1S/C12H22N4O2/c1-8(2)6-9(13)12-14-11(15-18-12)10-7-16(3)4-5-17-10/h8-10H,4-7,13H2,1-3H3. The molecule has 2 rings (SSSR count). The predicted octanol–water partition coefficient (Wildman–Crippen LogP) is 1.12. The van der Waals surface area contributed by atoms with Gasteiger partial charge in [0.15, 0.2) is 0 Å². The maximum Gasteiger partial charge on any atom is 0.243 e. The summed E-state index contributed by atoms with van der Waals surface area (Å²) in [4.78, 5) is 6.56. The lowest BCUT2D eigenvalue weighted by atomic mass is 10.0. The van der Waals surface area contributed by atoms with Gasteiger partial charge in [-0.25, -0.2) is 0 Å². The molecule has 0 aromatic carbocycles. The minimum Gasteiger partial charge on any atom is -0.367 e. The SMILES string of the molecule is CC(C)CC(N)c1nc(C2CN(C)CCO2)no1. The summed E-state index contributed by atoms with van der Waals surface area (Å²) in [6.07, 6.45) is 0.736. The topological polar surface area (TPSA) is 77.4 Å². The van der Waals surface area contributed by atoms with Crippen molar-refractivity contribution in [2.24, 2.45) is 11.7 Å². The first-order chi connectivity index (χ1) is 8.56. The van der Waals surface area contributed by atoms with Gasteiger partial charge in [0.2, 0.25) is 11.7 Å². The Morgan fingerprint density at radius 3 is 2.94 bits per heavy atom. The maximum absolute atomic E-state index is 6.02. The van der Waals surface area contributed by atoms with Crippen molar-refractivity contribution in [2.75, 3.05) is 26.7 Å². The van der Waals surface area contributed by atoms with Crippen LogP contribution in [0, 0.1) is 5.92 Å². The van der Waals surface area contributed by atoms with Gasteiger partial charge in [-0.3, -0.25) is 0 Å². The van der Waals surface area contributed by atoms with Gasteiger partial charge in [-0.1, -0.05) is 19.0 Å². The quantitative estimate of drug-likeness (QED) is 0.867. The van der Waals surface area contributed by atoms with Crippen molar-refractivity contribution in [3.63, 3.8) is 0 Å². The summed E-state index contributed by atoms with van der Waals surface area (Å²) in [7, 11) is 2.06. The number of rotatable bonds is 4. The van der Waals surface area contributed by atoms with Crippen LogP contribution in [-0.4, -0.2) is 41.8 Å². The second kappa shape index (κ2) is 5.77. The Balaban J connectivity index is 2.01. The predicted molar refractivity (Wildman–Crippen MR) is 66.9 cm³/mol. The summed E-state index contributed by atoms with van der Waals surface area (Å²) in [6, 6.07) is -0.187. The van der Waals surface area contributed by atoms with Gasteiger partial charge in [0.25, 0.3) is 0 Å². The molecule has 2 unspecified atom stereocenters. The van der Waals surface area contributed by atoms with Crippen molar-refractivity contribution in [1.82, 2.24) is 15.0 Å². The lowest BCUT2D eigenvalue weighted by Gasteiger charge is -2.27. The average molecular weight is 254 g/mol. The Morgan fingerprint density at radius 1 is 1.50 bits per heavy atom. The van der Waals surface area contributed by atoms with Gasteiger partial charge in [-0.2, -0.15) is 4.98 Å². The van der Waals surface area contributed by atoms with Crippen LogP contribution in [-0.2, 0) is 4.74 Å². The largest absolute Gasteiger partial charge is 0.367 e. The zero-order valence-electron chi connectivity index (χ0n) is 11.3. The Bertz CT molecular complexity index is 380. The van der Waals surface area contributed by atoms with Gasteiger partial charge >= 0.3 is 0 Å². The summed E-state index contributed by atoms with van der Waals surface area (Å²) in [5, 5.41) is 3.98. The highest BCUT2D eigenvalue weighted by molar-refractivity contribution is 4.97. The molecule has 1 saturated heterocycles. The van der Waals surface area contributed by atoms with Crippen LogP contribution in [0.2, 0.25) is 0 Å². The van der Waals surface area contributed by atoms with Gasteiger partial charge in [-0.15, -0.1) is 0 Å². The van der Waals surface area contributed by atoms with Crippen molar-refractivity contribution in [3.8, 4) is 0 Å². The number of hydrogen-bond acceptors (Lipinski definition) is 6. The molecule has 18 heavy (non-hydrogen) atoms. The van der Waals surface area contributed by atoms with Crippen molar-refractivity contribution in [3.05, 3.63) is 11.7 Å². The van der Waals surface area contributed by atoms with E-state index in [4.69, 9.17) is 15.0 Å². The molecular weight excluding hydrogens is 232 g/mol. The summed E-state index contributed by atoms with van der Waals surface area (Å²) >= 11 is 0. The molecule has 0 aliphatic carbocycles. The van der Waals surface area contributed by atoms with Gasteiger partial charge < -0.3 is 19.9 Å². The molecule has 0 bridgehead atoms. The summed E-state index contributed by atoms with van der Waals surface area (Å²) in [6.45, 7) is 6.67. The molecule has 6 heteroatoms. The summed E-state index contributed by atoms with van der Waals surface area (Å²) in [5.41, 5.74) is 6.02. The van der Waals surface area contributed by atoms with E-state index in [1.54, 1.807) is 0 Å². The Kier molecular flexibility index (Phi) is 4.31. The molecule has 2 N–H and O–H groups in total. The first-order valence-corrected chi connectivity index (χ1v) is 6.45. The number of likely N-dealkylation sites (N-methyl/N-ethyl adjacent to an activating group) is 1. The first-order valence-electron chi connectivity index (χ1n) is 6.45.